The summed E-state index contributed by atoms with van der Waals surface area (Å²) in [5.74, 6) is -0.160. The van der Waals surface area contributed by atoms with Gasteiger partial charge in [-0.2, -0.15) is 5.10 Å². The van der Waals surface area contributed by atoms with Crippen LogP contribution in [0.15, 0.2) is 30.7 Å². The molecule has 0 fully saturated rings. The number of aryl methyl sites for hydroxylation is 1. The monoisotopic (exact) mass is 259 g/mol. The first kappa shape index (κ1) is 13.1. The first-order valence-corrected chi connectivity index (χ1v) is 6.14. The maximum Gasteiger partial charge on any atom is 0.269 e. The summed E-state index contributed by atoms with van der Waals surface area (Å²) in [4.78, 5) is 15.7. The van der Waals surface area contributed by atoms with E-state index in [1.165, 1.54) is 0 Å². The fourth-order valence-corrected chi connectivity index (χ4v) is 1.68. The number of aromatic nitrogens is 3. The molecule has 0 aliphatic carbocycles. The topological polar surface area (TPSA) is 71.8 Å². The van der Waals surface area contributed by atoms with Gasteiger partial charge in [-0.1, -0.05) is 0 Å². The smallest absolute Gasteiger partial charge is 0.269 e. The normalized spacial score (nSPS) is 10.2. The number of carbonyl (C=O) groups is 1. The van der Waals surface area contributed by atoms with E-state index in [0.29, 0.717) is 18.8 Å². The summed E-state index contributed by atoms with van der Waals surface area (Å²) >= 11 is 0. The van der Waals surface area contributed by atoms with Gasteiger partial charge in [0.05, 0.1) is 6.20 Å². The molecule has 0 aliphatic rings. The quantitative estimate of drug-likeness (QED) is 0.845. The molecule has 100 valence electrons. The highest BCUT2D eigenvalue weighted by molar-refractivity contribution is 5.93. The molecule has 0 saturated heterocycles. The van der Waals surface area contributed by atoms with Gasteiger partial charge >= 0.3 is 0 Å². The lowest BCUT2D eigenvalue weighted by atomic mass is 10.3. The van der Waals surface area contributed by atoms with E-state index in [-0.39, 0.29) is 5.91 Å². The zero-order valence-corrected chi connectivity index (χ0v) is 11.1. The van der Waals surface area contributed by atoms with Crippen LogP contribution < -0.4 is 10.6 Å². The molecule has 1 amide bonds. The van der Waals surface area contributed by atoms with Crippen LogP contribution in [0.1, 0.15) is 23.0 Å². The first-order chi connectivity index (χ1) is 9.19. The predicted octanol–water partition coefficient (Wildman–Crippen LogP) is 1.18. The van der Waals surface area contributed by atoms with Gasteiger partial charge in [0.25, 0.3) is 5.91 Å². The maximum atomic E-state index is 11.7. The zero-order chi connectivity index (χ0) is 13.7. The number of nitrogens with one attached hydrogen (secondary N) is 2. The van der Waals surface area contributed by atoms with Gasteiger partial charge in [-0.15, -0.1) is 0 Å². The average Bonchev–Trinajstić information content (AvgIpc) is 2.83. The number of nitrogens with zero attached hydrogens (tertiary/aromatic N) is 3. The number of amides is 1. The molecule has 0 unspecified atom stereocenters. The van der Waals surface area contributed by atoms with E-state index in [1.54, 1.807) is 23.1 Å². The molecule has 0 aromatic carbocycles. The van der Waals surface area contributed by atoms with Crippen molar-refractivity contribution in [2.75, 3.05) is 11.9 Å². The van der Waals surface area contributed by atoms with Crippen LogP contribution in [-0.4, -0.2) is 27.2 Å². The summed E-state index contributed by atoms with van der Waals surface area (Å²) in [7, 11) is 1.88. The average molecular weight is 259 g/mol. The molecule has 6 heteroatoms. The van der Waals surface area contributed by atoms with E-state index in [4.69, 9.17) is 0 Å². The number of hydrogen-bond donors (Lipinski definition) is 2. The molecule has 2 aromatic rings. The van der Waals surface area contributed by atoms with Gasteiger partial charge in [0.1, 0.15) is 5.69 Å². The van der Waals surface area contributed by atoms with Gasteiger partial charge in [0.2, 0.25) is 0 Å². The van der Waals surface area contributed by atoms with Gasteiger partial charge < -0.3 is 10.6 Å². The van der Waals surface area contributed by atoms with E-state index in [0.717, 1.165) is 11.3 Å². The summed E-state index contributed by atoms with van der Waals surface area (Å²) in [6.45, 7) is 3.13. The molecular formula is C13H17N5O. The largest absolute Gasteiger partial charge is 0.381 e. The Morgan fingerprint density at radius 2 is 2.32 bits per heavy atom. The fraction of sp³-hybridized carbons (Fsp3) is 0.308. The Hall–Kier alpha value is -2.37. The molecular weight excluding hydrogens is 242 g/mol. The van der Waals surface area contributed by atoms with Crippen molar-refractivity contribution < 1.29 is 4.79 Å². The minimum absolute atomic E-state index is 0.160. The predicted molar refractivity (Wildman–Crippen MR) is 72.8 cm³/mol. The molecule has 0 atom stereocenters. The summed E-state index contributed by atoms with van der Waals surface area (Å²) in [6, 6.07) is 3.57. The van der Waals surface area contributed by atoms with Crippen LogP contribution >= 0.6 is 0 Å². The molecule has 2 aromatic heterocycles. The Morgan fingerprint density at radius 3 is 3.00 bits per heavy atom. The van der Waals surface area contributed by atoms with Crippen LogP contribution in [0.3, 0.4) is 0 Å². The second kappa shape index (κ2) is 5.99. The van der Waals surface area contributed by atoms with Crippen molar-refractivity contribution in [1.82, 2.24) is 20.1 Å². The highest BCUT2D eigenvalue weighted by Crippen LogP contribution is 2.10. The van der Waals surface area contributed by atoms with Crippen LogP contribution in [0.25, 0.3) is 0 Å². The Balaban J connectivity index is 2.00. The van der Waals surface area contributed by atoms with Gasteiger partial charge in [0, 0.05) is 43.8 Å². The number of hydrogen-bond acceptors (Lipinski definition) is 4. The summed E-state index contributed by atoms with van der Waals surface area (Å²) < 4.78 is 1.75. The Bertz CT molecular complexity index is 564. The lowest BCUT2D eigenvalue weighted by molar-refractivity contribution is 0.0951. The molecule has 0 aliphatic heterocycles. The highest BCUT2D eigenvalue weighted by Gasteiger charge is 2.06. The van der Waals surface area contributed by atoms with Gasteiger partial charge in [-0.3, -0.25) is 14.5 Å². The Labute approximate surface area is 111 Å². The van der Waals surface area contributed by atoms with E-state index in [2.05, 4.69) is 20.7 Å². The van der Waals surface area contributed by atoms with E-state index in [9.17, 15) is 4.79 Å². The molecule has 6 nitrogen and oxygen atoms in total. The van der Waals surface area contributed by atoms with Crippen molar-refractivity contribution in [2.24, 2.45) is 7.05 Å². The first-order valence-electron chi connectivity index (χ1n) is 6.14. The molecule has 2 N–H and O–H groups in total. The third kappa shape index (κ3) is 3.54. The van der Waals surface area contributed by atoms with Crippen LogP contribution in [-0.2, 0) is 13.6 Å². The van der Waals surface area contributed by atoms with E-state index >= 15 is 0 Å². The van der Waals surface area contributed by atoms with Gasteiger partial charge in [0.15, 0.2) is 0 Å². The third-order valence-corrected chi connectivity index (χ3v) is 2.58. The Morgan fingerprint density at radius 1 is 1.47 bits per heavy atom. The lowest BCUT2D eigenvalue weighted by Gasteiger charge is -2.06. The lowest BCUT2D eigenvalue weighted by Crippen LogP contribution is -2.23. The van der Waals surface area contributed by atoms with E-state index in [1.807, 2.05) is 26.2 Å². The molecule has 0 spiro atoms. The minimum Gasteiger partial charge on any atom is -0.381 e. The van der Waals surface area contributed by atoms with Crippen LogP contribution in [0, 0.1) is 0 Å². The highest BCUT2D eigenvalue weighted by atomic mass is 16.1. The molecule has 19 heavy (non-hydrogen) atoms. The van der Waals surface area contributed by atoms with Crippen molar-refractivity contribution >= 4 is 11.6 Å². The van der Waals surface area contributed by atoms with Gasteiger partial charge in [-0.05, 0) is 19.1 Å². The summed E-state index contributed by atoms with van der Waals surface area (Å²) in [5.41, 5.74) is 2.36. The SMILES string of the molecule is CCNC(=O)c1cc(NCc2cnn(C)c2)ccn1. The van der Waals surface area contributed by atoms with Crippen LogP contribution in [0.5, 0.6) is 0 Å². The van der Waals surface area contributed by atoms with Crippen molar-refractivity contribution in [2.45, 2.75) is 13.5 Å². The molecule has 2 heterocycles. The van der Waals surface area contributed by atoms with Crippen LogP contribution in [0.2, 0.25) is 0 Å². The second-order valence-corrected chi connectivity index (χ2v) is 4.17. The Kier molecular flexibility index (Phi) is 4.12. The van der Waals surface area contributed by atoms with Gasteiger partial charge in [-0.25, -0.2) is 0 Å². The van der Waals surface area contributed by atoms with Crippen molar-refractivity contribution in [3.63, 3.8) is 0 Å². The standard InChI is InChI=1S/C13H17N5O/c1-3-14-13(19)12-6-11(4-5-15-12)16-7-10-8-17-18(2)9-10/h4-6,8-9H,3,7H2,1-2H3,(H,14,19)(H,15,16). The second-order valence-electron chi connectivity index (χ2n) is 4.17. The summed E-state index contributed by atoms with van der Waals surface area (Å²) in [5, 5.41) is 10.1. The summed E-state index contributed by atoms with van der Waals surface area (Å²) in [6.07, 6.45) is 5.37. The zero-order valence-electron chi connectivity index (χ0n) is 11.1. The fourth-order valence-electron chi connectivity index (χ4n) is 1.68. The van der Waals surface area contributed by atoms with Crippen molar-refractivity contribution in [1.29, 1.82) is 0 Å². The van der Waals surface area contributed by atoms with Crippen molar-refractivity contribution in [3.05, 3.63) is 42.0 Å². The number of anilines is 1. The molecule has 2 rings (SSSR count). The van der Waals surface area contributed by atoms with Crippen LogP contribution in [0.4, 0.5) is 5.69 Å². The molecule has 0 bridgehead atoms. The van der Waals surface area contributed by atoms with E-state index < -0.39 is 0 Å². The number of rotatable bonds is 5. The molecule has 0 saturated carbocycles. The third-order valence-electron chi connectivity index (χ3n) is 2.58. The maximum absolute atomic E-state index is 11.7. The molecule has 0 radical (unpaired) electrons. The number of pyridine rings is 1. The number of carbonyl (C=O) groups excluding carboxylic acids is 1. The minimum atomic E-state index is -0.160. The van der Waals surface area contributed by atoms with Crippen molar-refractivity contribution in [3.8, 4) is 0 Å².